The molecule has 0 unspecified atom stereocenters. The first kappa shape index (κ1) is 14.5. The molecule has 1 aliphatic rings. The van der Waals surface area contributed by atoms with Crippen LogP contribution in [0, 0.1) is 0 Å². The standard InChI is InChI=1S/C17H21N3O2/c1-3-22-16-9-5-4-7-14(16)18-17(21)20-12-11-19-10-6-8-15(19)13(20)2/h4-10,13H,3,11-12H2,1-2H3,(H,18,21)/t13-/m0/s1. The van der Waals surface area contributed by atoms with E-state index in [-0.39, 0.29) is 12.1 Å². The molecule has 0 bridgehead atoms. The van der Waals surface area contributed by atoms with Crippen molar-refractivity contribution in [3.8, 4) is 5.75 Å². The predicted octanol–water partition coefficient (Wildman–Crippen LogP) is 3.50. The maximum atomic E-state index is 12.6. The van der Waals surface area contributed by atoms with Gasteiger partial charge in [-0.2, -0.15) is 0 Å². The number of aromatic nitrogens is 1. The number of carbonyl (C=O) groups is 1. The fraction of sp³-hybridized carbons (Fsp3) is 0.353. The lowest BCUT2D eigenvalue weighted by Crippen LogP contribution is -2.43. The summed E-state index contributed by atoms with van der Waals surface area (Å²) in [7, 11) is 0. The van der Waals surface area contributed by atoms with Crippen LogP contribution in [0.2, 0.25) is 0 Å². The molecule has 2 amide bonds. The van der Waals surface area contributed by atoms with E-state index in [1.807, 2.05) is 42.2 Å². The average Bonchev–Trinajstić information content (AvgIpc) is 2.99. The maximum absolute atomic E-state index is 12.6. The summed E-state index contributed by atoms with van der Waals surface area (Å²) in [6, 6.07) is 11.6. The highest BCUT2D eigenvalue weighted by Gasteiger charge is 2.27. The van der Waals surface area contributed by atoms with E-state index >= 15 is 0 Å². The first-order chi connectivity index (χ1) is 10.7. The highest BCUT2D eigenvalue weighted by atomic mass is 16.5. The Bertz CT molecular complexity index is 665. The molecule has 2 heterocycles. The quantitative estimate of drug-likeness (QED) is 0.943. The molecular formula is C17H21N3O2. The molecule has 0 saturated carbocycles. The number of nitrogens with zero attached hydrogens (tertiary/aromatic N) is 2. The number of ether oxygens (including phenoxy) is 1. The molecule has 5 nitrogen and oxygen atoms in total. The van der Waals surface area contributed by atoms with E-state index in [2.05, 4.69) is 29.1 Å². The third kappa shape index (κ3) is 2.66. The SMILES string of the molecule is CCOc1ccccc1NC(=O)N1CCn2cccc2[C@@H]1C. The van der Waals surface area contributed by atoms with E-state index < -0.39 is 0 Å². The summed E-state index contributed by atoms with van der Waals surface area (Å²) in [6.07, 6.45) is 2.06. The Morgan fingerprint density at radius 2 is 2.09 bits per heavy atom. The Morgan fingerprint density at radius 1 is 1.27 bits per heavy atom. The van der Waals surface area contributed by atoms with Gasteiger partial charge in [0.2, 0.25) is 0 Å². The third-order valence-corrected chi connectivity index (χ3v) is 4.03. The van der Waals surface area contributed by atoms with Crippen molar-refractivity contribution >= 4 is 11.7 Å². The van der Waals surface area contributed by atoms with Crippen LogP contribution in [-0.4, -0.2) is 28.6 Å². The topological polar surface area (TPSA) is 46.5 Å². The minimum atomic E-state index is -0.0906. The molecule has 0 fully saturated rings. The number of benzene rings is 1. The molecule has 1 aromatic heterocycles. The van der Waals surface area contributed by atoms with E-state index in [0.29, 0.717) is 24.6 Å². The normalized spacial score (nSPS) is 17.0. The molecule has 3 rings (SSSR count). The predicted molar refractivity (Wildman–Crippen MR) is 86.2 cm³/mol. The van der Waals surface area contributed by atoms with Gasteiger partial charge in [0.05, 0.1) is 18.3 Å². The highest BCUT2D eigenvalue weighted by Crippen LogP contribution is 2.28. The van der Waals surface area contributed by atoms with Crippen LogP contribution >= 0.6 is 0 Å². The summed E-state index contributed by atoms with van der Waals surface area (Å²) in [4.78, 5) is 14.5. The third-order valence-electron chi connectivity index (χ3n) is 4.03. The molecule has 1 atom stereocenters. The summed E-state index contributed by atoms with van der Waals surface area (Å²) >= 11 is 0. The van der Waals surface area contributed by atoms with Crippen molar-refractivity contribution in [1.29, 1.82) is 0 Å². The van der Waals surface area contributed by atoms with E-state index in [4.69, 9.17) is 4.74 Å². The summed E-state index contributed by atoms with van der Waals surface area (Å²) in [5.74, 6) is 0.700. The Balaban J connectivity index is 1.76. The van der Waals surface area contributed by atoms with Crippen molar-refractivity contribution < 1.29 is 9.53 Å². The Labute approximate surface area is 130 Å². The molecule has 116 valence electrons. The first-order valence-electron chi connectivity index (χ1n) is 7.65. The minimum absolute atomic E-state index is 0.0583. The number of hydrogen-bond acceptors (Lipinski definition) is 2. The van der Waals surface area contributed by atoms with Crippen LogP contribution in [0.15, 0.2) is 42.6 Å². The number of nitrogens with one attached hydrogen (secondary N) is 1. The smallest absolute Gasteiger partial charge is 0.322 e. The second kappa shape index (κ2) is 6.13. The summed E-state index contributed by atoms with van der Waals surface area (Å²) in [6.45, 7) is 6.08. The van der Waals surface area contributed by atoms with Crippen molar-refractivity contribution in [3.63, 3.8) is 0 Å². The van der Waals surface area contributed by atoms with Gasteiger partial charge in [0, 0.05) is 25.0 Å². The second-order valence-electron chi connectivity index (χ2n) is 5.36. The van der Waals surface area contributed by atoms with Gasteiger partial charge in [-0.15, -0.1) is 0 Å². The van der Waals surface area contributed by atoms with Crippen LogP contribution in [0.25, 0.3) is 0 Å². The highest BCUT2D eigenvalue weighted by molar-refractivity contribution is 5.91. The molecule has 5 heteroatoms. The van der Waals surface area contributed by atoms with Crippen molar-refractivity contribution in [2.75, 3.05) is 18.5 Å². The van der Waals surface area contributed by atoms with E-state index in [9.17, 15) is 4.79 Å². The molecule has 0 radical (unpaired) electrons. The maximum Gasteiger partial charge on any atom is 0.322 e. The van der Waals surface area contributed by atoms with Gasteiger partial charge in [-0.05, 0) is 38.1 Å². The number of carbonyl (C=O) groups excluding carboxylic acids is 1. The van der Waals surface area contributed by atoms with Gasteiger partial charge < -0.3 is 19.5 Å². The lowest BCUT2D eigenvalue weighted by molar-refractivity contribution is 0.175. The zero-order valence-electron chi connectivity index (χ0n) is 13.0. The van der Waals surface area contributed by atoms with Gasteiger partial charge in [0.25, 0.3) is 0 Å². The molecular weight excluding hydrogens is 278 g/mol. The first-order valence-corrected chi connectivity index (χ1v) is 7.65. The number of amides is 2. The number of urea groups is 1. The van der Waals surface area contributed by atoms with E-state index in [1.54, 1.807) is 0 Å². The fourth-order valence-electron chi connectivity index (χ4n) is 2.89. The molecule has 1 aromatic carbocycles. The summed E-state index contributed by atoms with van der Waals surface area (Å²) in [5.41, 5.74) is 1.88. The average molecular weight is 299 g/mol. The van der Waals surface area contributed by atoms with Crippen molar-refractivity contribution in [2.45, 2.75) is 26.4 Å². The monoisotopic (exact) mass is 299 g/mol. The Morgan fingerprint density at radius 3 is 2.91 bits per heavy atom. The minimum Gasteiger partial charge on any atom is -0.492 e. The lowest BCUT2D eigenvalue weighted by atomic mass is 10.1. The second-order valence-corrected chi connectivity index (χ2v) is 5.36. The van der Waals surface area contributed by atoms with Gasteiger partial charge in [0.1, 0.15) is 5.75 Å². The van der Waals surface area contributed by atoms with Crippen LogP contribution in [-0.2, 0) is 6.54 Å². The molecule has 1 aliphatic heterocycles. The summed E-state index contributed by atoms with van der Waals surface area (Å²) in [5, 5.41) is 2.97. The van der Waals surface area contributed by atoms with Crippen LogP contribution < -0.4 is 10.1 Å². The number of fused-ring (bicyclic) bond motifs is 1. The van der Waals surface area contributed by atoms with Gasteiger partial charge >= 0.3 is 6.03 Å². The largest absolute Gasteiger partial charge is 0.492 e. The summed E-state index contributed by atoms with van der Waals surface area (Å²) < 4.78 is 7.76. The molecule has 1 N–H and O–H groups in total. The van der Waals surface area contributed by atoms with Crippen LogP contribution in [0.5, 0.6) is 5.75 Å². The van der Waals surface area contributed by atoms with Crippen LogP contribution in [0.3, 0.4) is 0 Å². The van der Waals surface area contributed by atoms with Crippen molar-refractivity contribution in [3.05, 3.63) is 48.3 Å². The Hall–Kier alpha value is -2.43. The lowest BCUT2D eigenvalue weighted by Gasteiger charge is -2.35. The number of para-hydroxylation sites is 2. The van der Waals surface area contributed by atoms with Crippen LogP contribution in [0.1, 0.15) is 25.6 Å². The van der Waals surface area contributed by atoms with Gasteiger partial charge in [-0.25, -0.2) is 4.79 Å². The zero-order chi connectivity index (χ0) is 15.5. The van der Waals surface area contributed by atoms with E-state index in [0.717, 1.165) is 6.54 Å². The Kier molecular flexibility index (Phi) is 4.04. The van der Waals surface area contributed by atoms with Gasteiger partial charge in [-0.1, -0.05) is 12.1 Å². The fourth-order valence-corrected chi connectivity index (χ4v) is 2.89. The van der Waals surface area contributed by atoms with Gasteiger partial charge in [-0.3, -0.25) is 0 Å². The molecule has 22 heavy (non-hydrogen) atoms. The van der Waals surface area contributed by atoms with Crippen molar-refractivity contribution in [1.82, 2.24) is 9.47 Å². The zero-order valence-corrected chi connectivity index (χ0v) is 13.0. The number of anilines is 1. The molecule has 0 spiro atoms. The number of rotatable bonds is 3. The van der Waals surface area contributed by atoms with Gasteiger partial charge in [0.15, 0.2) is 0 Å². The van der Waals surface area contributed by atoms with E-state index in [1.165, 1.54) is 5.69 Å². The van der Waals surface area contributed by atoms with Crippen molar-refractivity contribution in [2.24, 2.45) is 0 Å². The number of hydrogen-bond donors (Lipinski definition) is 1. The molecule has 0 saturated heterocycles. The van der Waals surface area contributed by atoms with Crippen LogP contribution in [0.4, 0.5) is 10.5 Å². The molecule has 2 aromatic rings. The molecule has 0 aliphatic carbocycles.